The fraction of sp³-hybridized carbons (Fsp3) is 0.667. The highest BCUT2D eigenvalue weighted by atomic mass is 127. The highest BCUT2D eigenvalue weighted by Crippen LogP contribution is 2.29. The van der Waals surface area contributed by atoms with Crippen molar-refractivity contribution in [3.8, 4) is 0 Å². The van der Waals surface area contributed by atoms with Crippen molar-refractivity contribution in [1.29, 1.82) is 0 Å². The number of piperidine rings is 2. The van der Waals surface area contributed by atoms with Crippen LogP contribution in [-0.4, -0.2) is 35.6 Å². The van der Waals surface area contributed by atoms with Crippen LogP contribution in [0.2, 0.25) is 0 Å². The lowest BCUT2D eigenvalue weighted by Crippen LogP contribution is -2.52. The van der Waals surface area contributed by atoms with Crippen molar-refractivity contribution in [3.63, 3.8) is 0 Å². The molecule has 2 unspecified atom stereocenters. The number of halogens is 1. The average molecular weight is 344 g/mol. The summed E-state index contributed by atoms with van der Waals surface area (Å²) in [7, 11) is 0. The SMILES string of the molecule is Ic1cncnc1N1CCC2NCCCC2C1. The van der Waals surface area contributed by atoms with Gasteiger partial charge in [0, 0.05) is 25.3 Å². The molecule has 0 amide bonds. The molecular weight excluding hydrogens is 327 g/mol. The minimum absolute atomic E-state index is 0.736. The summed E-state index contributed by atoms with van der Waals surface area (Å²) in [5, 5.41) is 3.65. The molecule has 2 saturated heterocycles. The molecule has 4 nitrogen and oxygen atoms in total. The summed E-state index contributed by atoms with van der Waals surface area (Å²) < 4.78 is 1.16. The molecule has 0 bridgehead atoms. The molecule has 2 aliphatic heterocycles. The molecule has 2 aliphatic rings. The number of hydrogen-bond acceptors (Lipinski definition) is 4. The summed E-state index contributed by atoms with van der Waals surface area (Å²) in [6, 6.07) is 0.736. The summed E-state index contributed by atoms with van der Waals surface area (Å²) in [6.45, 7) is 3.46. The van der Waals surface area contributed by atoms with Gasteiger partial charge in [-0.1, -0.05) is 0 Å². The van der Waals surface area contributed by atoms with Gasteiger partial charge in [-0.2, -0.15) is 0 Å². The van der Waals surface area contributed by atoms with Gasteiger partial charge in [0.15, 0.2) is 0 Å². The van der Waals surface area contributed by atoms with Crippen LogP contribution < -0.4 is 10.2 Å². The Morgan fingerprint density at radius 1 is 1.41 bits per heavy atom. The Balaban J connectivity index is 1.76. The molecular formula is C12H17IN4. The minimum atomic E-state index is 0.736. The van der Waals surface area contributed by atoms with E-state index in [-0.39, 0.29) is 0 Å². The number of aromatic nitrogens is 2. The third-order valence-electron chi connectivity index (χ3n) is 3.84. The lowest BCUT2D eigenvalue weighted by atomic mass is 9.85. The Kier molecular flexibility index (Phi) is 3.46. The van der Waals surface area contributed by atoms with E-state index in [1.54, 1.807) is 6.33 Å². The molecule has 1 N–H and O–H groups in total. The van der Waals surface area contributed by atoms with Crippen LogP contribution in [0, 0.1) is 9.49 Å². The van der Waals surface area contributed by atoms with Gasteiger partial charge in [0.1, 0.15) is 12.1 Å². The van der Waals surface area contributed by atoms with Crippen LogP contribution in [0.1, 0.15) is 19.3 Å². The van der Waals surface area contributed by atoms with Gasteiger partial charge in [-0.05, 0) is 54.3 Å². The number of rotatable bonds is 1. The molecule has 1 aromatic rings. The van der Waals surface area contributed by atoms with Crippen LogP contribution >= 0.6 is 22.6 Å². The van der Waals surface area contributed by atoms with Crippen LogP contribution in [0.4, 0.5) is 5.82 Å². The first-order valence-electron chi connectivity index (χ1n) is 6.28. The highest BCUT2D eigenvalue weighted by Gasteiger charge is 2.31. The average Bonchev–Trinajstić information content (AvgIpc) is 2.39. The number of fused-ring (bicyclic) bond motifs is 1. The normalized spacial score (nSPS) is 28.9. The molecule has 0 saturated carbocycles. The zero-order valence-corrected chi connectivity index (χ0v) is 11.9. The van der Waals surface area contributed by atoms with E-state index < -0.39 is 0 Å². The highest BCUT2D eigenvalue weighted by molar-refractivity contribution is 14.1. The predicted molar refractivity (Wildman–Crippen MR) is 76.1 cm³/mol. The first-order chi connectivity index (χ1) is 8.34. The van der Waals surface area contributed by atoms with Crippen molar-refractivity contribution in [3.05, 3.63) is 16.1 Å². The van der Waals surface area contributed by atoms with Crippen molar-refractivity contribution < 1.29 is 0 Å². The fourth-order valence-electron chi connectivity index (χ4n) is 2.98. The number of nitrogens with one attached hydrogen (secondary N) is 1. The van der Waals surface area contributed by atoms with Crippen molar-refractivity contribution in [1.82, 2.24) is 15.3 Å². The molecule has 0 aromatic carbocycles. The maximum atomic E-state index is 4.43. The monoisotopic (exact) mass is 344 g/mol. The summed E-state index contributed by atoms with van der Waals surface area (Å²) in [5.74, 6) is 1.91. The van der Waals surface area contributed by atoms with E-state index in [1.807, 2.05) is 6.20 Å². The van der Waals surface area contributed by atoms with Crippen molar-refractivity contribution >= 4 is 28.4 Å². The third-order valence-corrected chi connectivity index (χ3v) is 4.60. The molecule has 3 rings (SSSR count). The van der Waals surface area contributed by atoms with E-state index in [2.05, 4.69) is 42.8 Å². The van der Waals surface area contributed by atoms with Gasteiger partial charge in [-0.25, -0.2) is 9.97 Å². The Morgan fingerprint density at radius 3 is 3.24 bits per heavy atom. The van der Waals surface area contributed by atoms with E-state index in [1.165, 1.54) is 25.8 Å². The minimum Gasteiger partial charge on any atom is -0.355 e. The van der Waals surface area contributed by atoms with Gasteiger partial charge >= 0.3 is 0 Å². The zero-order valence-electron chi connectivity index (χ0n) is 9.77. The Hall–Kier alpha value is -0.430. The number of anilines is 1. The van der Waals surface area contributed by atoms with Gasteiger partial charge in [-0.15, -0.1) is 0 Å². The van der Waals surface area contributed by atoms with Crippen LogP contribution in [0.5, 0.6) is 0 Å². The Bertz CT molecular complexity index is 398. The van der Waals surface area contributed by atoms with Gasteiger partial charge in [0.05, 0.1) is 3.57 Å². The Labute approximate surface area is 115 Å². The quantitative estimate of drug-likeness (QED) is 0.787. The Morgan fingerprint density at radius 2 is 2.35 bits per heavy atom. The second-order valence-corrected chi connectivity index (χ2v) is 6.05. The van der Waals surface area contributed by atoms with Gasteiger partial charge < -0.3 is 10.2 Å². The molecule has 2 fully saturated rings. The van der Waals surface area contributed by atoms with E-state index in [9.17, 15) is 0 Å². The van der Waals surface area contributed by atoms with Crippen molar-refractivity contribution in [2.45, 2.75) is 25.3 Å². The number of nitrogens with zero attached hydrogens (tertiary/aromatic N) is 3. The van der Waals surface area contributed by atoms with Crippen LogP contribution in [-0.2, 0) is 0 Å². The predicted octanol–water partition coefficient (Wildman–Crippen LogP) is 1.66. The smallest absolute Gasteiger partial charge is 0.145 e. The first-order valence-corrected chi connectivity index (χ1v) is 7.36. The number of hydrogen-bond donors (Lipinski definition) is 1. The first kappa shape index (κ1) is 11.6. The zero-order chi connectivity index (χ0) is 11.7. The van der Waals surface area contributed by atoms with Crippen LogP contribution in [0.25, 0.3) is 0 Å². The van der Waals surface area contributed by atoms with Crippen LogP contribution in [0.15, 0.2) is 12.5 Å². The van der Waals surface area contributed by atoms with Crippen molar-refractivity contribution in [2.24, 2.45) is 5.92 Å². The van der Waals surface area contributed by atoms with Gasteiger partial charge in [0.2, 0.25) is 0 Å². The lowest BCUT2D eigenvalue weighted by molar-refractivity contribution is 0.243. The van der Waals surface area contributed by atoms with Gasteiger partial charge in [-0.3, -0.25) is 0 Å². The second kappa shape index (κ2) is 5.06. The molecule has 0 radical (unpaired) electrons. The summed E-state index contributed by atoms with van der Waals surface area (Å²) in [4.78, 5) is 10.9. The second-order valence-electron chi connectivity index (χ2n) is 4.89. The van der Waals surface area contributed by atoms with Gasteiger partial charge in [0.25, 0.3) is 0 Å². The van der Waals surface area contributed by atoms with E-state index in [0.29, 0.717) is 0 Å². The van der Waals surface area contributed by atoms with Crippen molar-refractivity contribution in [2.75, 3.05) is 24.5 Å². The molecule has 5 heteroatoms. The molecule has 17 heavy (non-hydrogen) atoms. The molecule has 1 aromatic heterocycles. The largest absolute Gasteiger partial charge is 0.355 e. The molecule has 3 heterocycles. The van der Waals surface area contributed by atoms with E-state index >= 15 is 0 Å². The molecule has 92 valence electrons. The van der Waals surface area contributed by atoms with Crippen LogP contribution in [0.3, 0.4) is 0 Å². The fourth-order valence-corrected chi connectivity index (χ4v) is 3.62. The molecule has 0 spiro atoms. The summed E-state index contributed by atoms with van der Waals surface area (Å²) in [6.07, 6.45) is 7.47. The maximum Gasteiger partial charge on any atom is 0.145 e. The molecule has 0 aliphatic carbocycles. The standard InChI is InChI=1S/C12H17IN4/c13-10-6-14-8-16-12(10)17-5-3-11-9(7-17)2-1-4-15-11/h6,8-9,11,15H,1-5,7H2. The lowest BCUT2D eigenvalue weighted by Gasteiger charge is -2.42. The van der Waals surface area contributed by atoms with E-state index in [4.69, 9.17) is 0 Å². The topological polar surface area (TPSA) is 41.1 Å². The summed E-state index contributed by atoms with van der Waals surface area (Å²) in [5.41, 5.74) is 0. The third kappa shape index (κ3) is 2.40. The van der Waals surface area contributed by atoms with E-state index in [0.717, 1.165) is 34.4 Å². The molecule has 2 atom stereocenters. The summed E-state index contributed by atoms with van der Waals surface area (Å²) >= 11 is 2.33. The maximum absolute atomic E-state index is 4.43.